The molecule has 0 spiro atoms. The first-order valence-electron chi connectivity index (χ1n) is 7.68. The van der Waals surface area contributed by atoms with Gasteiger partial charge in [-0.15, -0.1) is 0 Å². The van der Waals surface area contributed by atoms with Crippen LogP contribution < -0.4 is 9.62 Å². The quantitative estimate of drug-likeness (QED) is 0.904. The zero-order valence-electron chi connectivity index (χ0n) is 14.3. The van der Waals surface area contributed by atoms with Crippen LogP contribution in [-0.2, 0) is 16.4 Å². The highest BCUT2D eigenvalue weighted by molar-refractivity contribution is 7.92. The molecule has 0 aromatic heterocycles. The Balaban J connectivity index is 2.27. The van der Waals surface area contributed by atoms with Crippen molar-refractivity contribution in [2.75, 3.05) is 22.9 Å². The van der Waals surface area contributed by atoms with Crippen LogP contribution in [0.15, 0.2) is 42.5 Å². The highest BCUT2D eigenvalue weighted by atomic mass is 32.2. The van der Waals surface area contributed by atoms with Gasteiger partial charge >= 0.3 is 0 Å². The minimum atomic E-state index is -3.34. The molecule has 5 nitrogen and oxygen atoms in total. The molecule has 0 saturated heterocycles. The van der Waals surface area contributed by atoms with Crippen LogP contribution >= 0.6 is 0 Å². The lowest BCUT2D eigenvalue weighted by molar-refractivity contribution is 0.102. The van der Waals surface area contributed by atoms with Crippen LogP contribution in [0.5, 0.6) is 0 Å². The molecule has 2 aromatic carbocycles. The second kappa shape index (κ2) is 7.05. The number of anilines is 2. The van der Waals surface area contributed by atoms with Crippen molar-refractivity contribution in [3.63, 3.8) is 0 Å². The Kier molecular flexibility index (Phi) is 5.29. The smallest absolute Gasteiger partial charge is 0.255 e. The second-order valence-corrected chi connectivity index (χ2v) is 7.71. The zero-order chi connectivity index (χ0) is 17.9. The van der Waals surface area contributed by atoms with Crippen LogP contribution in [-0.4, -0.2) is 27.6 Å². The predicted molar refractivity (Wildman–Crippen MR) is 98.2 cm³/mol. The van der Waals surface area contributed by atoms with E-state index in [0.717, 1.165) is 29.5 Å². The van der Waals surface area contributed by atoms with Gasteiger partial charge in [-0.3, -0.25) is 9.10 Å². The van der Waals surface area contributed by atoms with E-state index in [-0.39, 0.29) is 5.91 Å². The number of nitrogens with zero attached hydrogens (tertiary/aromatic N) is 1. The van der Waals surface area contributed by atoms with Crippen LogP contribution in [0, 0.1) is 6.92 Å². The van der Waals surface area contributed by atoms with E-state index in [4.69, 9.17) is 0 Å². The number of rotatable bonds is 5. The van der Waals surface area contributed by atoms with Crippen molar-refractivity contribution >= 4 is 27.3 Å². The average Bonchev–Trinajstić information content (AvgIpc) is 2.53. The number of nitrogens with one attached hydrogen (secondary N) is 1. The molecule has 0 aliphatic rings. The molecule has 0 radical (unpaired) electrons. The molecule has 0 unspecified atom stereocenters. The van der Waals surface area contributed by atoms with E-state index in [1.54, 1.807) is 25.1 Å². The number of para-hydroxylation sites is 1. The van der Waals surface area contributed by atoms with Crippen molar-refractivity contribution in [3.05, 3.63) is 59.2 Å². The van der Waals surface area contributed by atoms with Gasteiger partial charge in [-0.25, -0.2) is 8.42 Å². The number of carbonyl (C=O) groups excluding carboxylic acids is 1. The van der Waals surface area contributed by atoms with Crippen LogP contribution in [0.1, 0.15) is 28.4 Å². The SMILES string of the molecule is CCc1ccccc1NC(=O)c1ccc(N(C)S(C)(=O)=O)c(C)c1. The molecule has 2 aromatic rings. The summed E-state index contributed by atoms with van der Waals surface area (Å²) in [5.74, 6) is -0.215. The molecule has 0 saturated carbocycles. The first-order chi connectivity index (χ1) is 11.2. The van der Waals surface area contributed by atoms with E-state index in [2.05, 4.69) is 5.32 Å². The lowest BCUT2D eigenvalue weighted by atomic mass is 10.1. The highest BCUT2D eigenvalue weighted by Gasteiger charge is 2.16. The molecule has 2 rings (SSSR count). The third kappa shape index (κ3) is 3.94. The van der Waals surface area contributed by atoms with Gasteiger partial charge in [0, 0.05) is 18.3 Å². The largest absolute Gasteiger partial charge is 0.322 e. The van der Waals surface area contributed by atoms with Gasteiger partial charge < -0.3 is 5.32 Å². The molecular weight excluding hydrogens is 324 g/mol. The third-order valence-electron chi connectivity index (χ3n) is 3.94. The van der Waals surface area contributed by atoms with E-state index >= 15 is 0 Å². The Morgan fingerprint density at radius 1 is 1.17 bits per heavy atom. The summed E-state index contributed by atoms with van der Waals surface area (Å²) in [4.78, 5) is 12.5. The van der Waals surface area contributed by atoms with Gasteiger partial charge in [-0.2, -0.15) is 0 Å². The topological polar surface area (TPSA) is 66.5 Å². The monoisotopic (exact) mass is 346 g/mol. The molecule has 0 aliphatic carbocycles. The van der Waals surface area contributed by atoms with Crippen molar-refractivity contribution in [2.45, 2.75) is 20.3 Å². The normalized spacial score (nSPS) is 11.2. The van der Waals surface area contributed by atoms with Gasteiger partial charge in [-0.05, 0) is 48.7 Å². The molecular formula is C18H22N2O3S. The fourth-order valence-corrected chi connectivity index (χ4v) is 3.04. The number of hydrogen-bond acceptors (Lipinski definition) is 3. The molecule has 1 N–H and O–H groups in total. The van der Waals surface area contributed by atoms with E-state index < -0.39 is 10.0 Å². The standard InChI is InChI=1S/C18H22N2O3S/c1-5-14-8-6-7-9-16(14)19-18(21)15-10-11-17(13(2)12-15)20(3)24(4,22)23/h6-12H,5H2,1-4H3,(H,19,21). The molecule has 24 heavy (non-hydrogen) atoms. The maximum atomic E-state index is 12.5. The molecule has 0 heterocycles. The van der Waals surface area contributed by atoms with Crippen molar-refractivity contribution in [1.29, 1.82) is 0 Å². The van der Waals surface area contributed by atoms with Crippen LogP contribution in [0.3, 0.4) is 0 Å². The molecule has 6 heteroatoms. The maximum Gasteiger partial charge on any atom is 0.255 e. The summed E-state index contributed by atoms with van der Waals surface area (Å²) in [7, 11) is -1.84. The van der Waals surface area contributed by atoms with Gasteiger partial charge in [0.25, 0.3) is 5.91 Å². The van der Waals surface area contributed by atoms with Crippen LogP contribution in [0.4, 0.5) is 11.4 Å². The summed E-state index contributed by atoms with van der Waals surface area (Å²) in [6, 6.07) is 12.6. The van der Waals surface area contributed by atoms with Gasteiger partial charge in [0.2, 0.25) is 10.0 Å². The van der Waals surface area contributed by atoms with E-state index in [9.17, 15) is 13.2 Å². The van der Waals surface area contributed by atoms with E-state index in [1.807, 2.05) is 31.2 Å². The number of carbonyl (C=O) groups is 1. The minimum absolute atomic E-state index is 0.215. The van der Waals surface area contributed by atoms with E-state index in [0.29, 0.717) is 11.3 Å². The van der Waals surface area contributed by atoms with Crippen molar-refractivity contribution in [2.24, 2.45) is 0 Å². The van der Waals surface area contributed by atoms with Crippen molar-refractivity contribution < 1.29 is 13.2 Å². The summed E-state index contributed by atoms with van der Waals surface area (Å²) in [6.45, 7) is 3.82. The van der Waals surface area contributed by atoms with Crippen LogP contribution in [0.25, 0.3) is 0 Å². The lowest BCUT2D eigenvalue weighted by Gasteiger charge is -2.19. The molecule has 0 fully saturated rings. The summed E-state index contributed by atoms with van der Waals surface area (Å²) in [5, 5.41) is 2.91. The number of hydrogen-bond donors (Lipinski definition) is 1. The van der Waals surface area contributed by atoms with Crippen molar-refractivity contribution in [3.8, 4) is 0 Å². The fraction of sp³-hybridized carbons (Fsp3) is 0.278. The first-order valence-corrected chi connectivity index (χ1v) is 9.52. The Morgan fingerprint density at radius 3 is 2.42 bits per heavy atom. The predicted octanol–water partition coefficient (Wildman–Crippen LogP) is 3.21. The average molecular weight is 346 g/mol. The Hall–Kier alpha value is -2.34. The third-order valence-corrected chi connectivity index (χ3v) is 5.13. The van der Waals surface area contributed by atoms with Gasteiger partial charge in [-0.1, -0.05) is 25.1 Å². The minimum Gasteiger partial charge on any atom is -0.322 e. The molecule has 0 bridgehead atoms. The van der Waals surface area contributed by atoms with Crippen LogP contribution in [0.2, 0.25) is 0 Å². The second-order valence-electron chi connectivity index (χ2n) is 5.70. The molecule has 128 valence electrons. The Labute approximate surface area is 143 Å². The first kappa shape index (κ1) is 18.0. The lowest BCUT2D eigenvalue weighted by Crippen LogP contribution is -2.25. The molecule has 1 amide bonds. The Bertz CT molecular complexity index is 860. The van der Waals surface area contributed by atoms with Gasteiger partial charge in [0.1, 0.15) is 0 Å². The van der Waals surface area contributed by atoms with E-state index in [1.165, 1.54) is 11.4 Å². The number of amides is 1. The zero-order valence-corrected chi connectivity index (χ0v) is 15.1. The Morgan fingerprint density at radius 2 is 1.83 bits per heavy atom. The molecule has 0 atom stereocenters. The van der Waals surface area contributed by atoms with Crippen molar-refractivity contribution in [1.82, 2.24) is 0 Å². The summed E-state index contributed by atoms with van der Waals surface area (Å²) in [6.07, 6.45) is 1.97. The summed E-state index contributed by atoms with van der Waals surface area (Å²) >= 11 is 0. The van der Waals surface area contributed by atoms with Gasteiger partial charge in [0.15, 0.2) is 0 Å². The highest BCUT2D eigenvalue weighted by Crippen LogP contribution is 2.23. The number of benzene rings is 2. The van der Waals surface area contributed by atoms with Gasteiger partial charge in [0.05, 0.1) is 11.9 Å². The molecule has 0 aliphatic heterocycles. The number of sulfonamides is 1. The summed E-state index contributed by atoms with van der Waals surface area (Å²) in [5.41, 5.74) is 3.63. The number of aryl methyl sites for hydroxylation is 2. The maximum absolute atomic E-state index is 12.5. The summed E-state index contributed by atoms with van der Waals surface area (Å²) < 4.78 is 24.5. The fourth-order valence-electron chi connectivity index (χ4n) is 2.47.